The van der Waals surface area contributed by atoms with E-state index in [-0.39, 0.29) is 11.8 Å². The van der Waals surface area contributed by atoms with Gasteiger partial charge in [-0.15, -0.1) is 15.3 Å². The number of hydrogen-bond acceptors (Lipinski definition) is 10. The summed E-state index contributed by atoms with van der Waals surface area (Å²) < 4.78 is 12.6. The highest BCUT2D eigenvalue weighted by atomic mass is 16.5. The van der Waals surface area contributed by atoms with Crippen LogP contribution in [0.25, 0.3) is 27.9 Å². The molecule has 2 fully saturated rings. The molecule has 7 rings (SSSR count). The Morgan fingerprint density at radius 2 is 1.93 bits per heavy atom. The molecule has 43 heavy (non-hydrogen) atoms. The monoisotopic (exact) mass is 579 g/mol. The standard InChI is InChI=1S/C31H33N9O3/c1-3-38(18-20-4-9-23(42-2)10-5-20)30-28-24(16-26(35-36-28)33-31(41)21-6-7-21)25(17-32-30)29-34-27-11-8-22(19-40(27)37-29)39-12-14-43-15-13-39/h4-5,8-11,16-17,19,21H,3,6-7,12-15,18H2,1-2H3,(H,33,35,41). The molecule has 2 aliphatic rings. The Morgan fingerprint density at radius 1 is 1.12 bits per heavy atom. The summed E-state index contributed by atoms with van der Waals surface area (Å²) in [6, 6.07) is 13.9. The molecule has 1 aliphatic heterocycles. The summed E-state index contributed by atoms with van der Waals surface area (Å²) >= 11 is 0. The van der Waals surface area contributed by atoms with E-state index in [4.69, 9.17) is 24.5 Å². The van der Waals surface area contributed by atoms with Gasteiger partial charge in [0.15, 0.2) is 23.1 Å². The Hall–Kier alpha value is -4.84. The van der Waals surface area contributed by atoms with Crippen LogP contribution in [0, 0.1) is 5.92 Å². The summed E-state index contributed by atoms with van der Waals surface area (Å²) in [6.07, 6.45) is 5.59. The molecule has 4 aromatic heterocycles. The number of carbonyl (C=O) groups is 1. The van der Waals surface area contributed by atoms with Gasteiger partial charge >= 0.3 is 0 Å². The van der Waals surface area contributed by atoms with Crippen molar-refractivity contribution >= 4 is 39.8 Å². The summed E-state index contributed by atoms with van der Waals surface area (Å²) in [6.45, 7) is 6.49. The number of morpholine rings is 1. The van der Waals surface area contributed by atoms with E-state index in [1.807, 2.05) is 42.6 Å². The van der Waals surface area contributed by atoms with Gasteiger partial charge in [-0.2, -0.15) is 0 Å². The Balaban J connectivity index is 1.29. The number of ether oxygens (including phenoxy) is 2. The Bertz CT molecular complexity index is 1780. The van der Waals surface area contributed by atoms with Crippen LogP contribution < -0.4 is 19.9 Å². The maximum atomic E-state index is 12.6. The minimum absolute atomic E-state index is 0.0272. The van der Waals surface area contributed by atoms with Crippen molar-refractivity contribution in [3.63, 3.8) is 0 Å². The number of methoxy groups -OCH3 is 1. The minimum Gasteiger partial charge on any atom is -0.497 e. The Labute approximate surface area is 248 Å². The second-order valence-electron chi connectivity index (χ2n) is 10.8. The fourth-order valence-corrected chi connectivity index (χ4v) is 5.35. The largest absolute Gasteiger partial charge is 0.497 e. The molecule has 0 spiro atoms. The zero-order valence-electron chi connectivity index (χ0n) is 24.2. The van der Waals surface area contributed by atoms with Gasteiger partial charge < -0.3 is 24.6 Å². The van der Waals surface area contributed by atoms with Gasteiger partial charge in [-0.05, 0) is 55.7 Å². The Morgan fingerprint density at radius 3 is 2.67 bits per heavy atom. The van der Waals surface area contributed by atoms with Crippen molar-refractivity contribution in [3.8, 4) is 17.1 Å². The van der Waals surface area contributed by atoms with E-state index >= 15 is 0 Å². The molecular formula is C31H33N9O3. The average molecular weight is 580 g/mol. The third kappa shape index (κ3) is 5.53. The summed E-state index contributed by atoms with van der Waals surface area (Å²) in [7, 11) is 1.66. The van der Waals surface area contributed by atoms with Crippen LogP contribution in [0.5, 0.6) is 5.75 Å². The van der Waals surface area contributed by atoms with Crippen LogP contribution >= 0.6 is 0 Å². The number of rotatable bonds is 9. The molecule has 0 bridgehead atoms. The highest BCUT2D eigenvalue weighted by molar-refractivity contribution is 6.01. The maximum absolute atomic E-state index is 12.6. The van der Waals surface area contributed by atoms with Crippen molar-refractivity contribution in [1.82, 2.24) is 29.8 Å². The van der Waals surface area contributed by atoms with E-state index in [1.165, 1.54) is 0 Å². The predicted octanol–water partition coefficient (Wildman–Crippen LogP) is 3.95. The van der Waals surface area contributed by atoms with Gasteiger partial charge in [-0.3, -0.25) is 4.79 Å². The van der Waals surface area contributed by atoms with Crippen molar-refractivity contribution in [3.05, 3.63) is 60.4 Å². The third-order valence-corrected chi connectivity index (χ3v) is 7.96. The van der Waals surface area contributed by atoms with Crippen molar-refractivity contribution in [2.75, 3.05) is 55.1 Å². The smallest absolute Gasteiger partial charge is 0.228 e. The molecule has 5 heterocycles. The van der Waals surface area contributed by atoms with E-state index in [0.717, 1.165) is 54.0 Å². The zero-order valence-corrected chi connectivity index (χ0v) is 24.2. The number of aromatic nitrogens is 6. The van der Waals surface area contributed by atoms with Crippen LogP contribution in [0.15, 0.2) is 54.9 Å². The van der Waals surface area contributed by atoms with Gasteiger partial charge in [0.2, 0.25) is 5.91 Å². The highest BCUT2D eigenvalue weighted by Gasteiger charge is 2.30. The summed E-state index contributed by atoms with van der Waals surface area (Å²) in [5.41, 5.74) is 4.24. The van der Waals surface area contributed by atoms with Gasteiger partial charge in [0, 0.05) is 49.2 Å². The van der Waals surface area contributed by atoms with E-state index < -0.39 is 0 Å². The van der Waals surface area contributed by atoms with Gasteiger partial charge in [-0.1, -0.05) is 12.1 Å². The second kappa shape index (κ2) is 11.4. The van der Waals surface area contributed by atoms with Crippen LogP contribution in [-0.4, -0.2) is 75.6 Å². The first-order valence-corrected chi connectivity index (χ1v) is 14.6. The summed E-state index contributed by atoms with van der Waals surface area (Å²) in [5, 5.41) is 17.5. The van der Waals surface area contributed by atoms with Crippen LogP contribution in [-0.2, 0) is 16.1 Å². The zero-order chi connectivity index (χ0) is 29.3. The number of hydrogen-bond donors (Lipinski definition) is 1. The Kier molecular flexibility index (Phi) is 7.19. The van der Waals surface area contributed by atoms with Gasteiger partial charge in [0.05, 0.1) is 32.2 Å². The topological polar surface area (TPSA) is 123 Å². The van der Waals surface area contributed by atoms with Crippen LogP contribution in [0.4, 0.5) is 17.3 Å². The molecule has 1 aliphatic carbocycles. The first-order valence-electron chi connectivity index (χ1n) is 14.6. The molecule has 0 radical (unpaired) electrons. The lowest BCUT2D eigenvalue weighted by atomic mass is 10.1. The quantitative estimate of drug-likeness (QED) is 0.275. The van der Waals surface area contributed by atoms with Crippen LogP contribution in [0.1, 0.15) is 25.3 Å². The number of carbonyl (C=O) groups excluding carboxylic acids is 1. The number of benzene rings is 1. The lowest BCUT2D eigenvalue weighted by Gasteiger charge is -2.28. The number of nitrogens with one attached hydrogen (secondary N) is 1. The number of anilines is 3. The molecule has 0 unspecified atom stereocenters. The molecule has 1 N–H and O–H groups in total. The number of nitrogens with zero attached hydrogens (tertiary/aromatic N) is 8. The van der Waals surface area contributed by atoms with Crippen molar-refractivity contribution < 1.29 is 14.3 Å². The predicted molar refractivity (Wildman–Crippen MR) is 163 cm³/mol. The first kappa shape index (κ1) is 27.0. The molecular weight excluding hydrogens is 546 g/mol. The summed E-state index contributed by atoms with van der Waals surface area (Å²) in [4.78, 5) is 26.7. The SMILES string of the molecule is CCN(Cc1ccc(OC)cc1)c1ncc(-c2nc3ccc(N4CCOCC4)cn3n2)c2cc(NC(=O)C3CC3)nnc12. The second-order valence-corrected chi connectivity index (χ2v) is 10.8. The molecule has 0 atom stereocenters. The highest BCUT2D eigenvalue weighted by Crippen LogP contribution is 2.34. The average Bonchev–Trinajstić information content (AvgIpc) is 3.83. The van der Waals surface area contributed by atoms with Crippen molar-refractivity contribution in [2.24, 2.45) is 5.92 Å². The molecule has 1 saturated heterocycles. The number of amides is 1. The third-order valence-electron chi connectivity index (χ3n) is 7.96. The molecule has 12 heteroatoms. The number of pyridine rings is 2. The fourth-order valence-electron chi connectivity index (χ4n) is 5.35. The molecule has 1 saturated carbocycles. The minimum atomic E-state index is -0.0272. The lowest BCUT2D eigenvalue weighted by Crippen LogP contribution is -2.36. The van der Waals surface area contributed by atoms with E-state index in [9.17, 15) is 4.79 Å². The molecule has 1 amide bonds. The number of fused-ring (bicyclic) bond motifs is 2. The van der Waals surface area contributed by atoms with Gasteiger partial charge in [-0.25, -0.2) is 14.5 Å². The first-order chi connectivity index (χ1) is 21.1. The maximum Gasteiger partial charge on any atom is 0.228 e. The molecule has 12 nitrogen and oxygen atoms in total. The van der Waals surface area contributed by atoms with Crippen molar-refractivity contribution in [2.45, 2.75) is 26.3 Å². The van der Waals surface area contributed by atoms with E-state index in [1.54, 1.807) is 17.8 Å². The van der Waals surface area contributed by atoms with Crippen LogP contribution in [0.2, 0.25) is 0 Å². The normalized spacial score (nSPS) is 15.2. The lowest BCUT2D eigenvalue weighted by molar-refractivity contribution is -0.117. The molecule has 1 aromatic carbocycles. The fraction of sp³-hybridized carbons (Fsp3) is 0.355. The van der Waals surface area contributed by atoms with E-state index in [0.29, 0.717) is 54.8 Å². The summed E-state index contributed by atoms with van der Waals surface area (Å²) in [5.74, 6) is 2.45. The van der Waals surface area contributed by atoms with Gasteiger partial charge in [0.25, 0.3) is 0 Å². The molecule has 220 valence electrons. The van der Waals surface area contributed by atoms with Crippen molar-refractivity contribution in [1.29, 1.82) is 0 Å². The van der Waals surface area contributed by atoms with Gasteiger partial charge in [0.1, 0.15) is 11.3 Å². The van der Waals surface area contributed by atoms with Crippen LogP contribution in [0.3, 0.4) is 0 Å². The molecule has 5 aromatic rings. The van der Waals surface area contributed by atoms with E-state index in [2.05, 4.69) is 38.3 Å².